The van der Waals surface area contributed by atoms with E-state index in [0.717, 1.165) is 36.4 Å². The summed E-state index contributed by atoms with van der Waals surface area (Å²) in [6, 6.07) is 0. The van der Waals surface area contributed by atoms with Crippen molar-refractivity contribution in [3.8, 4) is 0 Å². The van der Waals surface area contributed by atoms with Crippen LogP contribution in [0.3, 0.4) is 0 Å². The smallest absolute Gasteiger partial charge is 0.370 e. The lowest BCUT2D eigenvalue weighted by atomic mass is 10.5. The summed E-state index contributed by atoms with van der Waals surface area (Å²) in [5.74, 6) is 2.04. The van der Waals surface area contributed by atoms with E-state index in [1.807, 2.05) is 16.7 Å². The normalized spacial score (nSPS) is 17.5. The van der Waals surface area contributed by atoms with Gasteiger partial charge in [-0.2, -0.15) is 36.7 Å². The monoisotopic (exact) mass is 415 g/mol. The molecule has 0 aliphatic carbocycles. The second kappa shape index (κ2) is 9.40. The van der Waals surface area contributed by atoms with Crippen LogP contribution in [0.15, 0.2) is 4.99 Å². The van der Waals surface area contributed by atoms with E-state index in [4.69, 9.17) is 5.73 Å². The zero-order chi connectivity index (χ0) is 12.7. The maximum absolute atomic E-state index is 11.8. The quantitative estimate of drug-likeness (QED) is 0.331. The Morgan fingerprint density at radius 2 is 1.94 bits per heavy atom. The van der Waals surface area contributed by atoms with Crippen molar-refractivity contribution in [1.29, 1.82) is 0 Å². The third-order valence-corrected chi connectivity index (χ3v) is 4.06. The Bertz CT molecular complexity index is 258. The molecule has 2 N–H and O–H groups in total. The van der Waals surface area contributed by atoms with Crippen molar-refractivity contribution in [3.63, 3.8) is 0 Å². The van der Waals surface area contributed by atoms with E-state index in [1.54, 1.807) is 0 Å². The number of aliphatic imine (C=N–C) groups is 1. The fourth-order valence-corrected chi connectivity index (χ4v) is 2.80. The standard InChI is InChI=1S/C9H16F3N3S2.HI/c10-9(11,12)7-17-4-1-14-8(13)15-2-5-16-6-3-15;/h1-7H2,(H2,13,14);1H. The average molecular weight is 415 g/mol. The molecule has 0 aromatic carbocycles. The summed E-state index contributed by atoms with van der Waals surface area (Å²) < 4.78 is 35.5. The molecular weight excluding hydrogens is 398 g/mol. The second-order valence-corrected chi connectivity index (χ2v) is 5.84. The molecule has 3 nitrogen and oxygen atoms in total. The number of thioether (sulfide) groups is 2. The topological polar surface area (TPSA) is 41.6 Å². The summed E-state index contributed by atoms with van der Waals surface area (Å²) in [5, 5.41) is 0. The predicted molar refractivity (Wildman–Crippen MR) is 84.2 cm³/mol. The maximum Gasteiger partial charge on any atom is 0.397 e. The van der Waals surface area contributed by atoms with Gasteiger partial charge in [0.1, 0.15) is 0 Å². The Kier molecular flexibility index (Phi) is 9.66. The summed E-state index contributed by atoms with van der Waals surface area (Å²) >= 11 is 2.71. The molecule has 0 radical (unpaired) electrons. The van der Waals surface area contributed by atoms with Gasteiger partial charge in [-0.25, -0.2) is 0 Å². The van der Waals surface area contributed by atoms with Crippen LogP contribution in [0.2, 0.25) is 0 Å². The van der Waals surface area contributed by atoms with Crippen molar-refractivity contribution < 1.29 is 13.2 Å². The van der Waals surface area contributed by atoms with Crippen LogP contribution in [-0.2, 0) is 0 Å². The summed E-state index contributed by atoms with van der Waals surface area (Å²) in [7, 11) is 0. The molecule has 1 aliphatic heterocycles. The van der Waals surface area contributed by atoms with Gasteiger partial charge in [-0.15, -0.1) is 24.0 Å². The Balaban J connectivity index is 0.00000289. The highest BCUT2D eigenvalue weighted by atomic mass is 127. The van der Waals surface area contributed by atoms with Crippen LogP contribution in [-0.4, -0.2) is 59.7 Å². The van der Waals surface area contributed by atoms with E-state index in [-0.39, 0.29) is 24.0 Å². The Hall–Kier alpha value is 0.490. The number of halogens is 4. The Morgan fingerprint density at radius 3 is 2.50 bits per heavy atom. The van der Waals surface area contributed by atoms with Gasteiger partial charge in [-0.1, -0.05) is 0 Å². The van der Waals surface area contributed by atoms with E-state index in [2.05, 4.69) is 4.99 Å². The summed E-state index contributed by atoms with van der Waals surface area (Å²) in [6.45, 7) is 2.08. The molecule has 1 fully saturated rings. The second-order valence-electron chi connectivity index (χ2n) is 3.51. The molecule has 1 aliphatic rings. The van der Waals surface area contributed by atoms with Crippen molar-refractivity contribution in [2.45, 2.75) is 6.18 Å². The molecule has 0 atom stereocenters. The molecule has 18 heavy (non-hydrogen) atoms. The summed E-state index contributed by atoms with van der Waals surface area (Å²) in [4.78, 5) is 6.07. The van der Waals surface area contributed by atoms with Crippen LogP contribution >= 0.6 is 47.5 Å². The minimum Gasteiger partial charge on any atom is -0.370 e. The van der Waals surface area contributed by atoms with E-state index in [0.29, 0.717) is 18.3 Å². The zero-order valence-corrected chi connectivity index (χ0v) is 13.7. The fourth-order valence-electron chi connectivity index (χ4n) is 1.31. The van der Waals surface area contributed by atoms with E-state index >= 15 is 0 Å². The number of nitrogens with zero attached hydrogens (tertiary/aromatic N) is 2. The van der Waals surface area contributed by atoms with Crippen molar-refractivity contribution in [3.05, 3.63) is 0 Å². The first-order valence-corrected chi connectivity index (χ1v) is 7.57. The van der Waals surface area contributed by atoms with E-state index < -0.39 is 11.9 Å². The van der Waals surface area contributed by atoms with Gasteiger partial charge in [-0.3, -0.25) is 4.99 Å². The zero-order valence-electron chi connectivity index (χ0n) is 9.78. The van der Waals surface area contributed by atoms with Crippen molar-refractivity contribution >= 4 is 53.5 Å². The van der Waals surface area contributed by atoms with Gasteiger partial charge in [0.05, 0.1) is 12.3 Å². The lowest BCUT2D eigenvalue weighted by Crippen LogP contribution is -2.42. The largest absolute Gasteiger partial charge is 0.397 e. The molecule has 108 valence electrons. The van der Waals surface area contributed by atoms with Crippen LogP contribution in [0.5, 0.6) is 0 Å². The minimum absolute atomic E-state index is 0. The lowest BCUT2D eigenvalue weighted by molar-refractivity contribution is -0.105. The van der Waals surface area contributed by atoms with Gasteiger partial charge in [-0.05, 0) is 0 Å². The first-order chi connectivity index (χ1) is 7.99. The highest BCUT2D eigenvalue weighted by Gasteiger charge is 2.26. The number of alkyl halides is 3. The van der Waals surface area contributed by atoms with Gasteiger partial charge in [0.15, 0.2) is 5.96 Å². The maximum atomic E-state index is 11.8. The Morgan fingerprint density at radius 1 is 1.33 bits per heavy atom. The van der Waals surface area contributed by atoms with Gasteiger partial charge >= 0.3 is 6.18 Å². The van der Waals surface area contributed by atoms with Gasteiger partial charge in [0.2, 0.25) is 0 Å². The van der Waals surface area contributed by atoms with Gasteiger partial charge in [0.25, 0.3) is 0 Å². The first-order valence-electron chi connectivity index (χ1n) is 5.26. The van der Waals surface area contributed by atoms with Crippen LogP contribution < -0.4 is 5.73 Å². The molecule has 9 heteroatoms. The Labute approximate surface area is 131 Å². The molecule has 0 amide bonds. The van der Waals surface area contributed by atoms with Crippen LogP contribution in [0.4, 0.5) is 13.2 Å². The molecule has 0 aromatic rings. The van der Waals surface area contributed by atoms with Gasteiger partial charge < -0.3 is 10.6 Å². The highest BCUT2D eigenvalue weighted by molar-refractivity contribution is 14.0. The molecule has 0 saturated carbocycles. The SMILES string of the molecule is I.NC(=NCCSCC(F)(F)F)N1CCSCC1. The molecule has 0 aromatic heterocycles. The fraction of sp³-hybridized carbons (Fsp3) is 0.889. The molecular formula is C9H17F3IN3S2. The highest BCUT2D eigenvalue weighted by Crippen LogP contribution is 2.20. The van der Waals surface area contributed by atoms with E-state index in [1.165, 1.54) is 0 Å². The van der Waals surface area contributed by atoms with Crippen molar-refractivity contribution in [2.24, 2.45) is 10.7 Å². The van der Waals surface area contributed by atoms with Crippen LogP contribution in [0.1, 0.15) is 0 Å². The van der Waals surface area contributed by atoms with E-state index in [9.17, 15) is 13.2 Å². The summed E-state index contributed by atoms with van der Waals surface area (Å²) in [6.07, 6.45) is -4.09. The molecule has 0 spiro atoms. The third kappa shape index (κ3) is 8.57. The summed E-state index contributed by atoms with van der Waals surface area (Å²) in [5.41, 5.74) is 5.75. The van der Waals surface area contributed by atoms with Gasteiger partial charge in [0, 0.05) is 30.3 Å². The first kappa shape index (κ1) is 18.5. The van der Waals surface area contributed by atoms with Crippen molar-refractivity contribution in [2.75, 3.05) is 42.6 Å². The predicted octanol–water partition coefficient (Wildman–Crippen LogP) is 2.26. The van der Waals surface area contributed by atoms with Crippen LogP contribution in [0.25, 0.3) is 0 Å². The minimum atomic E-state index is -4.09. The number of guanidine groups is 1. The number of hydrogen-bond acceptors (Lipinski definition) is 3. The average Bonchev–Trinajstić information content (AvgIpc) is 2.28. The number of hydrogen-bond donors (Lipinski definition) is 1. The van der Waals surface area contributed by atoms with Crippen molar-refractivity contribution in [1.82, 2.24) is 4.90 Å². The van der Waals surface area contributed by atoms with Crippen LogP contribution in [0, 0.1) is 0 Å². The number of rotatable bonds is 4. The molecule has 0 bridgehead atoms. The lowest BCUT2D eigenvalue weighted by Gasteiger charge is -2.27. The molecule has 0 unspecified atom stereocenters. The molecule has 1 heterocycles. The number of nitrogens with two attached hydrogens (primary N) is 1. The third-order valence-electron chi connectivity index (χ3n) is 2.11. The molecule has 1 rings (SSSR count). The molecule has 1 saturated heterocycles.